The molecule has 0 saturated heterocycles. The van der Waals surface area contributed by atoms with Crippen molar-refractivity contribution in [1.29, 1.82) is 0 Å². The normalized spacial score (nSPS) is 11.5. The zero-order valence-corrected chi connectivity index (χ0v) is 20.4. The first-order valence-electron chi connectivity index (χ1n) is 11.8. The van der Waals surface area contributed by atoms with Crippen LogP contribution in [-0.2, 0) is 13.0 Å². The van der Waals surface area contributed by atoms with E-state index in [1.165, 1.54) is 4.57 Å². The molecule has 1 amide bonds. The van der Waals surface area contributed by atoms with Gasteiger partial charge in [-0.1, -0.05) is 45.9 Å². The summed E-state index contributed by atoms with van der Waals surface area (Å²) >= 11 is 0. The number of rotatable bonds is 8. The molecule has 182 valence electrons. The summed E-state index contributed by atoms with van der Waals surface area (Å²) in [5.74, 6) is -0.216. The van der Waals surface area contributed by atoms with Crippen molar-refractivity contribution in [3.8, 4) is 5.69 Å². The van der Waals surface area contributed by atoms with Crippen LogP contribution in [0.3, 0.4) is 0 Å². The molecule has 9 nitrogen and oxygen atoms in total. The van der Waals surface area contributed by atoms with Crippen LogP contribution in [0.1, 0.15) is 55.2 Å². The molecular weight excluding hydrogens is 444 g/mol. The minimum atomic E-state index is -0.609. The van der Waals surface area contributed by atoms with Gasteiger partial charge >= 0.3 is 5.69 Å². The third-order valence-corrected chi connectivity index (χ3v) is 5.71. The number of H-pyrrole nitrogens is 1. The van der Waals surface area contributed by atoms with Crippen molar-refractivity contribution in [2.24, 2.45) is 5.92 Å². The Morgan fingerprint density at radius 2 is 1.86 bits per heavy atom. The molecule has 4 rings (SSSR count). The zero-order valence-electron chi connectivity index (χ0n) is 20.4. The maximum absolute atomic E-state index is 13.2. The van der Waals surface area contributed by atoms with Crippen LogP contribution in [-0.4, -0.2) is 36.8 Å². The van der Waals surface area contributed by atoms with E-state index in [1.807, 2.05) is 64.2 Å². The number of benzene rings is 1. The maximum atomic E-state index is 13.2. The number of amides is 1. The van der Waals surface area contributed by atoms with Gasteiger partial charge in [0.2, 0.25) is 0 Å². The molecule has 0 aliphatic heterocycles. The van der Waals surface area contributed by atoms with Gasteiger partial charge in [0.1, 0.15) is 0 Å². The number of para-hydroxylation sites is 1. The molecule has 3 heterocycles. The van der Waals surface area contributed by atoms with Crippen LogP contribution >= 0.6 is 0 Å². The average molecular weight is 475 g/mol. The predicted octanol–water partition coefficient (Wildman–Crippen LogP) is 3.02. The largest absolute Gasteiger partial charge is 0.352 e. The SMILES string of the molecule is CC(C)Cn1c(=O)[nH]c(=O)c2c(C(=O)NCCc3cnn(-c4ccccc4)c3)cc(C(C)C)nc21. The van der Waals surface area contributed by atoms with Crippen LogP contribution in [0.5, 0.6) is 0 Å². The molecule has 0 spiro atoms. The lowest BCUT2D eigenvalue weighted by molar-refractivity contribution is 0.0955. The number of pyridine rings is 1. The lowest BCUT2D eigenvalue weighted by Gasteiger charge is -2.16. The van der Waals surface area contributed by atoms with Gasteiger partial charge in [0.05, 0.1) is 22.8 Å². The van der Waals surface area contributed by atoms with Crippen molar-refractivity contribution in [2.45, 2.75) is 46.6 Å². The molecule has 0 unspecified atom stereocenters. The first kappa shape index (κ1) is 24.1. The molecule has 9 heteroatoms. The highest BCUT2D eigenvalue weighted by Crippen LogP contribution is 2.20. The van der Waals surface area contributed by atoms with Crippen LogP contribution < -0.4 is 16.6 Å². The molecule has 0 radical (unpaired) electrons. The van der Waals surface area contributed by atoms with Crippen molar-refractivity contribution in [3.63, 3.8) is 0 Å². The van der Waals surface area contributed by atoms with E-state index in [1.54, 1.807) is 16.9 Å². The number of nitrogens with zero attached hydrogens (tertiary/aromatic N) is 4. The summed E-state index contributed by atoms with van der Waals surface area (Å²) in [6.45, 7) is 8.61. The number of carbonyl (C=O) groups excluding carboxylic acids is 1. The minimum Gasteiger partial charge on any atom is -0.352 e. The number of aromatic amines is 1. The number of carbonyl (C=O) groups is 1. The quantitative estimate of drug-likeness (QED) is 0.407. The summed E-state index contributed by atoms with van der Waals surface area (Å²) in [5.41, 5.74) is 1.91. The molecule has 1 aromatic carbocycles. The second-order valence-corrected chi connectivity index (χ2v) is 9.35. The smallest absolute Gasteiger partial charge is 0.330 e. The molecule has 0 bridgehead atoms. The fourth-order valence-electron chi connectivity index (χ4n) is 3.93. The molecule has 0 saturated carbocycles. The molecule has 2 N–H and O–H groups in total. The molecule has 0 aliphatic rings. The second kappa shape index (κ2) is 10.1. The van der Waals surface area contributed by atoms with E-state index in [0.717, 1.165) is 11.3 Å². The van der Waals surface area contributed by atoms with E-state index in [2.05, 4.69) is 20.4 Å². The first-order chi connectivity index (χ1) is 16.7. The molecule has 0 atom stereocenters. The summed E-state index contributed by atoms with van der Waals surface area (Å²) < 4.78 is 3.23. The highest BCUT2D eigenvalue weighted by molar-refractivity contribution is 6.05. The minimum absolute atomic E-state index is 0.0108. The molecule has 4 aromatic rings. The zero-order chi connectivity index (χ0) is 25.1. The molecule has 3 aromatic heterocycles. The van der Waals surface area contributed by atoms with E-state index in [9.17, 15) is 14.4 Å². The van der Waals surface area contributed by atoms with Gasteiger partial charge in [-0.15, -0.1) is 0 Å². The van der Waals surface area contributed by atoms with Crippen LogP contribution in [0, 0.1) is 5.92 Å². The summed E-state index contributed by atoms with van der Waals surface area (Å²) in [7, 11) is 0. The van der Waals surface area contributed by atoms with Gasteiger partial charge in [-0.2, -0.15) is 5.10 Å². The first-order valence-corrected chi connectivity index (χ1v) is 11.8. The Balaban J connectivity index is 1.61. The Bertz CT molecular complexity index is 1460. The van der Waals surface area contributed by atoms with E-state index in [0.29, 0.717) is 25.2 Å². The van der Waals surface area contributed by atoms with Gasteiger partial charge in [0, 0.05) is 25.0 Å². The van der Waals surface area contributed by atoms with Crippen molar-refractivity contribution >= 4 is 16.9 Å². The Morgan fingerprint density at radius 1 is 1.11 bits per heavy atom. The second-order valence-electron chi connectivity index (χ2n) is 9.35. The van der Waals surface area contributed by atoms with Crippen molar-refractivity contribution in [1.82, 2.24) is 29.6 Å². The Hall–Kier alpha value is -4.01. The third-order valence-electron chi connectivity index (χ3n) is 5.71. The van der Waals surface area contributed by atoms with E-state index >= 15 is 0 Å². The van der Waals surface area contributed by atoms with E-state index in [4.69, 9.17) is 0 Å². The fraction of sp³-hybridized carbons (Fsp3) is 0.346. The highest BCUT2D eigenvalue weighted by atomic mass is 16.2. The van der Waals surface area contributed by atoms with Crippen LogP contribution in [0.25, 0.3) is 16.7 Å². The van der Waals surface area contributed by atoms with E-state index < -0.39 is 11.2 Å². The predicted molar refractivity (Wildman–Crippen MR) is 135 cm³/mol. The summed E-state index contributed by atoms with van der Waals surface area (Å²) in [4.78, 5) is 45.5. The molecule has 35 heavy (non-hydrogen) atoms. The molecule has 0 aliphatic carbocycles. The topological polar surface area (TPSA) is 115 Å². The number of hydrogen-bond donors (Lipinski definition) is 2. The maximum Gasteiger partial charge on any atom is 0.330 e. The average Bonchev–Trinajstić information content (AvgIpc) is 3.30. The molecule has 0 fully saturated rings. The Morgan fingerprint density at radius 3 is 2.54 bits per heavy atom. The van der Waals surface area contributed by atoms with Gasteiger partial charge in [-0.05, 0) is 42.0 Å². The highest BCUT2D eigenvalue weighted by Gasteiger charge is 2.20. The van der Waals surface area contributed by atoms with Gasteiger partial charge in [0.25, 0.3) is 11.5 Å². The Labute approximate surface area is 202 Å². The lowest BCUT2D eigenvalue weighted by atomic mass is 10.0. The Kier molecular flexibility index (Phi) is 6.95. The van der Waals surface area contributed by atoms with Crippen molar-refractivity contribution < 1.29 is 4.79 Å². The summed E-state index contributed by atoms with van der Waals surface area (Å²) in [6, 6.07) is 11.4. The van der Waals surface area contributed by atoms with Gasteiger partial charge in [-0.25, -0.2) is 14.5 Å². The van der Waals surface area contributed by atoms with Crippen molar-refractivity contribution in [3.05, 3.63) is 86.5 Å². The van der Waals surface area contributed by atoms with Crippen LogP contribution in [0.15, 0.2) is 58.4 Å². The monoisotopic (exact) mass is 474 g/mol. The molecular formula is C26H30N6O3. The van der Waals surface area contributed by atoms with Crippen molar-refractivity contribution in [2.75, 3.05) is 6.54 Å². The van der Waals surface area contributed by atoms with Crippen LogP contribution in [0.4, 0.5) is 0 Å². The van der Waals surface area contributed by atoms with Gasteiger partial charge < -0.3 is 5.32 Å². The standard InChI is InChI=1S/C26H30N6O3/c1-16(2)14-31-23-22(25(34)30-26(31)35)20(12-21(29-23)17(3)4)24(33)27-11-10-18-13-28-32(15-18)19-8-6-5-7-9-19/h5-9,12-13,15-17H,10-11,14H2,1-4H3,(H,27,33)(H,30,34,35). The number of aromatic nitrogens is 5. The third kappa shape index (κ3) is 5.24. The van der Waals surface area contributed by atoms with E-state index in [-0.39, 0.29) is 34.3 Å². The number of fused-ring (bicyclic) bond motifs is 1. The number of nitrogens with one attached hydrogen (secondary N) is 2. The van der Waals surface area contributed by atoms with Crippen LogP contribution in [0.2, 0.25) is 0 Å². The fourth-order valence-corrected chi connectivity index (χ4v) is 3.93. The number of hydrogen-bond acceptors (Lipinski definition) is 5. The van der Waals surface area contributed by atoms with Gasteiger partial charge in [0.15, 0.2) is 5.65 Å². The lowest BCUT2D eigenvalue weighted by Crippen LogP contribution is -2.34. The summed E-state index contributed by atoms with van der Waals surface area (Å²) in [5, 5.41) is 7.43. The van der Waals surface area contributed by atoms with Gasteiger partial charge in [-0.3, -0.25) is 19.1 Å². The summed E-state index contributed by atoms with van der Waals surface area (Å²) in [6.07, 6.45) is 4.27.